The topological polar surface area (TPSA) is 46.2 Å². The number of rotatable bonds is 5. The summed E-state index contributed by atoms with van der Waals surface area (Å²) in [4.78, 5) is 0. The van der Waals surface area contributed by atoms with Crippen LogP contribution in [0.2, 0.25) is 0 Å². The van der Waals surface area contributed by atoms with Gasteiger partial charge in [-0.3, -0.25) is 0 Å². The van der Waals surface area contributed by atoms with Crippen LogP contribution >= 0.6 is 0 Å². The second kappa shape index (κ2) is 6.89. The fourth-order valence-electron chi connectivity index (χ4n) is 3.30. The highest BCUT2D eigenvalue weighted by atomic mass is 32.2. The molecule has 1 fully saturated rings. The van der Waals surface area contributed by atoms with Gasteiger partial charge >= 0.3 is 0 Å². The van der Waals surface area contributed by atoms with E-state index >= 15 is 0 Å². The molecule has 1 N–H and O–H groups in total. The zero-order chi connectivity index (χ0) is 13.7. The predicted octanol–water partition coefficient (Wildman–Crippen LogP) is 2.82. The molecule has 2 unspecified atom stereocenters. The zero-order valence-corrected chi connectivity index (χ0v) is 12.8. The SMILES string of the molecule is CCCNC(C1=CCCCC1)C1CCCCS1(=O)=O. The number of nitrogens with one attached hydrogen (secondary N) is 1. The molecule has 1 aliphatic heterocycles. The Labute approximate surface area is 117 Å². The maximum Gasteiger partial charge on any atom is 0.155 e. The lowest BCUT2D eigenvalue weighted by Crippen LogP contribution is -2.48. The Bertz CT molecular complexity index is 414. The van der Waals surface area contributed by atoms with Crippen LogP contribution in [0, 0.1) is 0 Å². The second-order valence-electron chi connectivity index (χ2n) is 5.86. The smallest absolute Gasteiger partial charge is 0.155 e. The Kier molecular flexibility index (Phi) is 5.46. The van der Waals surface area contributed by atoms with E-state index in [0.29, 0.717) is 5.75 Å². The first-order valence-electron chi connectivity index (χ1n) is 7.79. The van der Waals surface area contributed by atoms with Crippen molar-refractivity contribution in [3.63, 3.8) is 0 Å². The summed E-state index contributed by atoms with van der Waals surface area (Å²) in [6.07, 6.45) is 10.7. The standard InChI is InChI=1S/C15H27NO2S/c1-2-11-16-15(13-8-4-3-5-9-13)14-10-6-7-12-19(14,17)18/h8,14-16H,2-7,9-12H2,1H3. The van der Waals surface area contributed by atoms with Gasteiger partial charge in [-0.25, -0.2) is 8.42 Å². The summed E-state index contributed by atoms with van der Waals surface area (Å²) >= 11 is 0. The molecule has 1 heterocycles. The van der Waals surface area contributed by atoms with Gasteiger partial charge in [-0.15, -0.1) is 0 Å². The zero-order valence-electron chi connectivity index (χ0n) is 12.0. The van der Waals surface area contributed by atoms with Crippen LogP contribution in [-0.2, 0) is 9.84 Å². The van der Waals surface area contributed by atoms with Crippen molar-refractivity contribution in [2.75, 3.05) is 12.3 Å². The molecule has 110 valence electrons. The molecule has 0 aromatic carbocycles. The summed E-state index contributed by atoms with van der Waals surface area (Å²) < 4.78 is 24.7. The van der Waals surface area contributed by atoms with E-state index < -0.39 is 9.84 Å². The summed E-state index contributed by atoms with van der Waals surface area (Å²) in [5, 5.41) is 3.33. The molecule has 3 nitrogen and oxygen atoms in total. The van der Waals surface area contributed by atoms with Gasteiger partial charge in [-0.05, 0) is 51.5 Å². The first kappa shape index (κ1) is 15.0. The largest absolute Gasteiger partial charge is 0.309 e. The molecule has 0 spiro atoms. The summed E-state index contributed by atoms with van der Waals surface area (Å²) in [6.45, 7) is 3.04. The van der Waals surface area contributed by atoms with Crippen LogP contribution in [0.3, 0.4) is 0 Å². The first-order chi connectivity index (χ1) is 9.15. The molecule has 1 aliphatic carbocycles. The number of hydrogen-bond acceptors (Lipinski definition) is 3. The molecule has 4 heteroatoms. The Morgan fingerprint density at radius 2 is 2.16 bits per heavy atom. The third-order valence-electron chi connectivity index (χ3n) is 4.34. The van der Waals surface area contributed by atoms with Gasteiger partial charge in [0.05, 0.1) is 11.0 Å². The van der Waals surface area contributed by atoms with Crippen molar-refractivity contribution < 1.29 is 8.42 Å². The molecule has 0 radical (unpaired) electrons. The van der Waals surface area contributed by atoms with Gasteiger partial charge < -0.3 is 5.32 Å². The highest BCUT2D eigenvalue weighted by molar-refractivity contribution is 7.92. The van der Waals surface area contributed by atoms with Gasteiger partial charge in [0.2, 0.25) is 0 Å². The minimum atomic E-state index is -2.91. The van der Waals surface area contributed by atoms with Crippen molar-refractivity contribution in [2.24, 2.45) is 0 Å². The lowest BCUT2D eigenvalue weighted by molar-refractivity contribution is 0.454. The fourth-order valence-corrected chi connectivity index (χ4v) is 5.42. The van der Waals surface area contributed by atoms with Gasteiger partial charge in [0.1, 0.15) is 0 Å². The predicted molar refractivity (Wildman–Crippen MR) is 80.1 cm³/mol. The van der Waals surface area contributed by atoms with E-state index in [1.807, 2.05) is 0 Å². The maximum atomic E-state index is 12.4. The van der Waals surface area contributed by atoms with Crippen LogP contribution in [-0.4, -0.2) is 32.0 Å². The van der Waals surface area contributed by atoms with E-state index in [-0.39, 0.29) is 11.3 Å². The van der Waals surface area contributed by atoms with Crippen LogP contribution < -0.4 is 5.32 Å². The summed E-state index contributed by atoms with van der Waals surface area (Å²) in [5.74, 6) is 0.384. The minimum absolute atomic E-state index is 0.0746. The van der Waals surface area contributed by atoms with Gasteiger partial charge in [-0.2, -0.15) is 0 Å². The van der Waals surface area contributed by atoms with Crippen LogP contribution in [0.4, 0.5) is 0 Å². The van der Waals surface area contributed by atoms with Crippen LogP contribution in [0.15, 0.2) is 11.6 Å². The molecule has 2 aliphatic rings. The van der Waals surface area contributed by atoms with E-state index in [9.17, 15) is 8.42 Å². The lowest BCUT2D eigenvalue weighted by Gasteiger charge is -2.33. The van der Waals surface area contributed by atoms with Gasteiger partial charge in [0, 0.05) is 6.04 Å². The number of allylic oxidation sites excluding steroid dienone is 1. The van der Waals surface area contributed by atoms with E-state index in [0.717, 1.165) is 45.1 Å². The Hall–Kier alpha value is -0.350. The summed E-state index contributed by atoms with van der Waals surface area (Å²) in [7, 11) is -2.91. The molecule has 0 amide bonds. The molecule has 2 atom stereocenters. The van der Waals surface area contributed by atoms with E-state index in [1.165, 1.54) is 18.4 Å². The minimum Gasteiger partial charge on any atom is -0.309 e. The molecule has 0 bridgehead atoms. The van der Waals surface area contributed by atoms with Crippen LogP contribution in [0.5, 0.6) is 0 Å². The first-order valence-corrected chi connectivity index (χ1v) is 9.50. The third kappa shape index (κ3) is 3.82. The molecular weight excluding hydrogens is 258 g/mol. The normalized spacial score (nSPS) is 28.7. The molecule has 19 heavy (non-hydrogen) atoms. The van der Waals surface area contributed by atoms with E-state index in [4.69, 9.17) is 0 Å². The number of hydrogen-bond donors (Lipinski definition) is 1. The van der Waals surface area contributed by atoms with Crippen LogP contribution in [0.1, 0.15) is 58.3 Å². The average molecular weight is 285 g/mol. The average Bonchev–Trinajstić information content (AvgIpc) is 2.42. The third-order valence-corrected chi connectivity index (χ3v) is 6.63. The Morgan fingerprint density at radius 1 is 1.32 bits per heavy atom. The summed E-state index contributed by atoms with van der Waals surface area (Å²) in [5.41, 5.74) is 1.36. The number of sulfone groups is 1. The van der Waals surface area contributed by atoms with Crippen molar-refractivity contribution in [3.8, 4) is 0 Å². The molecule has 0 saturated carbocycles. The lowest BCUT2D eigenvalue weighted by atomic mass is 9.90. The maximum absolute atomic E-state index is 12.4. The Balaban J connectivity index is 2.18. The van der Waals surface area contributed by atoms with Crippen molar-refractivity contribution in [1.82, 2.24) is 5.32 Å². The monoisotopic (exact) mass is 285 g/mol. The highest BCUT2D eigenvalue weighted by Gasteiger charge is 2.36. The quantitative estimate of drug-likeness (QED) is 0.790. The van der Waals surface area contributed by atoms with Crippen molar-refractivity contribution >= 4 is 9.84 Å². The Morgan fingerprint density at radius 3 is 2.79 bits per heavy atom. The molecule has 0 aromatic heterocycles. The van der Waals surface area contributed by atoms with E-state index in [2.05, 4.69) is 18.3 Å². The highest BCUT2D eigenvalue weighted by Crippen LogP contribution is 2.30. The van der Waals surface area contributed by atoms with Crippen molar-refractivity contribution in [2.45, 2.75) is 69.6 Å². The summed E-state index contributed by atoms with van der Waals surface area (Å²) in [6, 6.07) is 0.0746. The molecular formula is C15H27NO2S. The molecule has 0 aromatic rings. The van der Waals surface area contributed by atoms with Crippen molar-refractivity contribution in [3.05, 3.63) is 11.6 Å². The molecule has 1 saturated heterocycles. The van der Waals surface area contributed by atoms with E-state index in [1.54, 1.807) is 0 Å². The molecule has 2 rings (SSSR count). The van der Waals surface area contributed by atoms with Gasteiger partial charge in [0.15, 0.2) is 9.84 Å². The van der Waals surface area contributed by atoms with Crippen molar-refractivity contribution in [1.29, 1.82) is 0 Å². The second-order valence-corrected chi connectivity index (χ2v) is 8.20. The van der Waals surface area contributed by atoms with Gasteiger partial charge in [0.25, 0.3) is 0 Å². The fraction of sp³-hybridized carbons (Fsp3) is 0.867. The van der Waals surface area contributed by atoms with Crippen LogP contribution in [0.25, 0.3) is 0 Å². The van der Waals surface area contributed by atoms with Gasteiger partial charge in [-0.1, -0.05) is 25.0 Å².